The van der Waals surface area contributed by atoms with Crippen LogP contribution in [0.4, 0.5) is 0 Å². The van der Waals surface area contributed by atoms with E-state index in [9.17, 15) is 5.11 Å². The monoisotopic (exact) mass is 307 g/mol. The Morgan fingerprint density at radius 1 is 1.48 bits per heavy atom. The standard InChI is InChI=1S/C18H25NO.ClH/c1-4-9-19-10-5-8-18(3)13(2)17(19)11-14-6-7-15(20)12-16(14)18;/h4,6-7,12-13,17,20H,1,5,8-11H2,2-3H3;1H/t13-,17+,18+;/m1./s1. The van der Waals surface area contributed by atoms with Gasteiger partial charge in [0.15, 0.2) is 0 Å². The molecular formula is C18H26ClNO. The summed E-state index contributed by atoms with van der Waals surface area (Å²) in [6.45, 7) is 10.8. The highest BCUT2D eigenvalue weighted by atomic mass is 35.5. The van der Waals surface area contributed by atoms with Crippen molar-refractivity contribution in [2.24, 2.45) is 5.92 Å². The first-order chi connectivity index (χ1) is 9.56. The highest BCUT2D eigenvalue weighted by Gasteiger charge is 2.46. The summed E-state index contributed by atoms with van der Waals surface area (Å²) >= 11 is 0. The second kappa shape index (κ2) is 6.02. The van der Waals surface area contributed by atoms with Crippen molar-refractivity contribution < 1.29 is 5.11 Å². The summed E-state index contributed by atoms with van der Waals surface area (Å²) < 4.78 is 0. The number of aromatic hydroxyl groups is 1. The van der Waals surface area contributed by atoms with Crippen LogP contribution in [0.1, 0.15) is 37.8 Å². The van der Waals surface area contributed by atoms with Gasteiger partial charge in [-0.1, -0.05) is 26.0 Å². The van der Waals surface area contributed by atoms with E-state index < -0.39 is 0 Å². The van der Waals surface area contributed by atoms with E-state index in [2.05, 4.69) is 31.4 Å². The number of hydrogen-bond acceptors (Lipinski definition) is 2. The maximum absolute atomic E-state index is 9.87. The lowest BCUT2D eigenvalue weighted by molar-refractivity contribution is 0.130. The van der Waals surface area contributed by atoms with Gasteiger partial charge in [0.05, 0.1) is 0 Å². The van der Waals surface area contributed by atoms with Crippen molar-refractivity contribution in [2.45, 2.75) is 44.6 Å². The fraction of sp³-hybridized carbons (Fsp3) is 0.556. The van der Waals surface area contributed by atoms with Crippen LogP contribution in [0.25, 0.3) is 0 Å². The predicted octanol–water partition coefficient (Wildman–Crippen LogP) is 3.91. The first kappa shape index (κ1) is 16.4. The minimum atomic E-state index is 0. The summed E-state index contributed by atoms with van der Waals surface area (Å²) in [5.74, 6) is 1.02. The molecule has 1 fully saturated rings. The molecule has 3 rings (SSSR count). The molecule has 1 heterocycles. The molecule has 3 atom stereocenters. The number of likely N-dealkylation sites (tertiary alicyclic amines) is 1. The van der Waals surface area contributed by atoms with E-state index in [4.69, 9.17) is 0 Å². The van der Waals surface area contributed by atoms with E-state index >= 15 is 0 Å². The van der Waals surface area contributed by atoms with E-state index in [1.54, 1.807) is 0 Å². The van der Waals surface area contributed by atoms with Crippen molar-refractivity contribution in [3.63, 3.8) is 0 Å². The zero-order valence-corrected chi connectivity index (χ0v) is 13.8. The Kier molecular flexibility index (Phi) is 4.69. The number of hydrogen-bond donors (Lipinski definition) is 1. The van der Waals surface area contributed by atoms with Gasteiger partial charge < -0.3 is 5.11 Å². The molecule has 1 N–H and O–H groups in total. The largest absolute Gasteiger partial charge is 0.508 e. The first-order valence-electron chi connectivity index (χ1n) is 7.73. The van der Waals surface area contributed by atoms with Crippen molar-refractivity contribution in [2.75, 3.05) is 13.1 Å². The van der Waals surface area contributed by atoms with E-state index in [-0.39, 0.29) is 17.8 Å². The normalized spacial score (nSPS) is 31.7. The van der Waals surface area contributed by atoms with Crippen molar-refractivity contribution in [3.8, 4) is 5.75 Å². The Labute approximate surface area is 134 Å². The average molecular weight is 308 g/mol. The summed E-state index contributed by atoms with van der Waals surface area (Å²) in [5.41, 5.74) is 2.98. The van der Waals surface area contributed by atoms with Gasteiger partial charge in [0.25, 0.3) is 0 Å². The van der Waals surface area contributed by atoms with Crippen LogP contribution < -0.4 is 0 Å². The second-order valence-corrected chi connectivity index (χ2v) is 6.71. The Hall–Kier alpha value is -0.990. The van der Waals surface area contributed by atoms with Gasteiger partial charge in [0, 0.05) is 12.6 Å². The summed E-state index contributed by atoms with van der Waals surface area (Å²) in [4.78, 5) is 2.60. The fourth-order valence-corrected chi connectivity index (χ4v) is 4.36. The molecule has 0 amide bonds. The van der Waals surface area contributed by atoms with Crippen LogP contribution >= 0.6 is 12.4 Å². The quantitative estimate of drug-likeness (QED) is 0.837. The van der Waals surface area contributed by atoms with Gasteiger partial charge in [-0.2, -0.15) is 0 Å². The molecule has 1 aliphatic carbocycles. The molecule has 2 aliphatic rings. The van der Waals surface area contributed by atoms with Crippen LogP contribution in [-0.2, 0) is 11.8 Å². The lowest BCUT2D eigenvalue weighted by Crippen LogP contribution is -2.49. The molecule has 2 bridgehead atoms. The van der Waals surface area contributed by atoms with Gasteiger partial charge in [-0.15, -0.1) is 19.0 Å². The number of fused-ring (bicyclic) bond motifs is 4. The third kappa shape index (κ3) is 2.60. The summed E-state index contributed by atoms with van der Waals surface area (Å²) in [5, 5.41) is 9.87. The van der Waals surface area contributed by atoms with Crippen molar-refractivity contribution >= 4 is 12.4 Å². The Morgan fingerprint density at radius 3 is 2.95 bits per heavy atom. The van der Waals surface area contributed by atoms with E-state index in [1.807, 2.05) is 18.2 Å². The van der Waals surface area contributed by atoms with Gasteiger partial charge in [0.1, 0.15) is 5.75 Å². The maximum Gasteiger partial charge on any atom is 0.115 e. The summed E-state index contributed by atoms with van der Waals surface area (Å²) in [6, 6.07) is 6.56. The number of benzene rings is 1. The second-order valence-electron chi connectivity index (χ2n) is 6.71. The molecule has 0 saturated carbocycles. The SMILES string of the molecule is C=CCN1CCC[C@]2(C)c3cc(O)ccc3C[C@H]1[C@H]2C.Cl. The first-order valence-corrected chi connectivity index (χ1v) is 7.73. The highest BCUT2D eigenvalue weighted by Crippen LogP contribution is 2.48. The molecule has 0 unspecified atom stereocenters. The molecule has 1 aliphatic heterocycles. The predicted molar refractivity (Wildman–Crippen MR) is 90.4 cm³/mol. The molecule has 21 heavy (non-hydrogen) atoms. The van der Waals surface area contributed by atoms with Crippen LogP contribution in [0.5, 0.6) is 5.75 Å². The van der Waals surface area contributed by atoms with Crippen LogP contribution in [-0.4, -0.2) is 29.1 Å². The molecule has 2 nitrogen and oxygen atoms in total. The van der Waals surface area contributed by atoms with Gasteiger partial charge >= 0.3 is 0 Å². The van der Waals surface area contributed by atoms with Gasteiger partial charge in [-0.3, -0.25) is 4.90 Å². The van der Waals surface area contributed by atoms with Crippen LogP contribution in [0, 0.1) is 5.92 Å². The number of phenolic OH excluding ortho intramolecular Hbond substituents is 1. The lowest BCUT2D eigenvalue weighted by Gasteiger charge is -2.47. The Bertz CT molecular complexity index is 530. The molecular weight excluding hydrogens is 282 g/mol. The number of rotatable bonds is 2. The Morgan fingerprint density at radius 2 is 2.24 bits per heavy atom. The van der Waals surface area contributed by atoms with E-state index in [1.165, 1.54) is 24.0 Å². The molecule has 1 aromatic carbocycles. The third-order valence-electron chi connectivity index (χ3n) is 5.69. The fourth-order valence-electron chi connectivity index (χ4n) is 4.36. The van der Waals surface area contributed by atoms with Crippen molar-refractivity contribution in [1.29, 1.82) is 0 Å². The van der Waals surface area contributed by atoms with Gasteiger partial charge in [0.2, 0.25) is 0 Å². The smallest absolute Gasteiger partial charge is 0.115 e. The van der Waals surface area contributed by atoms with E-state index in [0.717, 1.165) is 19.5 Å². The van der Waals surface area contributed by atoms with Crippen LogP contribution in [0.15, 0.2) is 30.9 Å². The molecule has 0 spiro atoms. The highest BCUT2D eigenvalue weighted by molar-refractivity contribution is 5.85. The van der Waals surface area contributed by atoms with Crippen molar-refractivity contribution in [1.82, 2.24) is 4.90 Å². The van der Waals surface area contributed by atoms with Crippen molar-refractivity contribution in [3.05, 3.63) is 42.0 Å². The summed E-state index contributed by atoms with van der Waals surface area (Å²) in [6.07, 6.45) is 5.55. The average Bonchev–Trinajstić information content (AvgIpc) is 2.50. The number of nitrogens with zero attached hydrogens (tertiary/aromatic N) is 1. The molecule has 3 heteroatoms. The van der Waals surface area contributed by atoms with Gasteiger partial charge in [-0.05, 0) is 60.4 Å². The maximum atomic E-state index is 9.87. The zero-order valence-electron chi connectivity index (χ0n) is 13.0. The molecule has 0 radical (unpaired) electrons. The third-order valence-corrected chi connectivity index (χ3v) is 5.69. The van der Waals surface area contributed by atoms with Crippen LogP contribution in [0.2, 0.25) is 0 Å². The molecule has 1 aromatic rings. The molecule has 116 valence electrons. The Balaban J connectivity index is 0.00000161. The van der Waals surface area contributed by atoms with E-state index in [0.29, 0.717) is 17.7 Å². The zero-order chi connectivity index (χ0) is 14.3. The molecule has 1 saturated heterocycles. The minimum absolute atomic E-state index is 0. The number of halogens is 1. The topological polar surface area (TPSA) is 23.5 Å². The summed E-state index contributed by atoms with van der Waals surface area (Å²) in [7, 11) is 0. The van der Waals surface area contributed by atoms with Crippen LogP contribution in [0.3, 0.4) is 0 Å². The molecule has 0 aromatic heterocycles. The minimum Gasteiger partial charge on any atom is -0.508 e. The van der Waals surface area contributed by atoms with Gasteiger partial charge in [-0.25, -0.2) is 0 Å². The number of phenols is 1. The lowest BCUT2D eigenvalue weighted by atomic mass is 9.61.